The molecule has 1 aromatic carbocycles. The van der Waals surface area contributed by atoms with Crippen LogP contribution in [0.15, 0.2) is 30.3 Å². The van der Waals surface area contributed by atoms with E-state index in [1.807, 2.05) is 24.3 Å². The van der Waals surface area contributed by atoms with Crippen molar-refractivity contribution in [2.75, 3.05) is 13.7 Å². The van der Waals surface area contributed by atoms with Gasteiger partial charge < -0.3 is 9.47 Å². The van der Waals surface area contributed by atoms with Crippen LogP contribution in [-0.4, -0.2) is 19.7 Å². The fraction of sp³-hybridized carbons (Fsp3) is 0.500. The highest BCUT2D eigenvalue weighted by molar-refractivity contribution is 5.87. The Hall–Kier alpha value is -1.77. The zero-order valence-electron chi connectivity index (χ0n) is 13.1. The SMILES string of the molecule is CCCCCCCCOC(=O)C=Cc1ccc(OC)cc1. The van der Waals surface area contributed by atoms with Gasteiger partial charge >= 0.3 is 5.97 Å². The van der Waals surface area contributed by atoms with Crippen molar-refractivity contribution in [2.24, 2.45) is 0 Å². The summed E-state index contributed by atoms with van der Waals surface area (Å²) >= 11 is 0. The molecule has 0 radical (unpaired) electrons. The number of rotatable bonds is 10. The number of carbonyl (C=O) groups excluding carboxylic acids is 1. The minimum atomic E-state index is -0.278. The number of carbonyl (C=O) groups is 1. The molecule has 0 aliphatic carbocycles. The quantitative estimate of drug-likeness (QED) is 0.358. The van der Waals surface area contributed by atoms with E-state index in [4.69, 9.17) is 9.47 Å². The van der Waals surface area contributed by atoms with E-state index < -0.39 is 0 Å². The van der Waals surface area contributed by atoms with Gasteiger partial charge in [0, 0.05) is 6.08 Å². The Kier molecular flexibility index (Phi) is 9.01. The summed E-state index contributed by atoms with van der Waals surface area (Å²) in [6.45, 7) is 2.72. The summed E-state index contributed by atoms with van der Waals surface area (Å²) in [6.07, 6.45) is 10.4. The van der Waals surface area contributed by atoms with E-state index in [0.717, 1.165) is 24.2 Å². The fourth-order valence-corrected chi connectivity index (χ4v) is 1.98. The van der Waals surface area contributed by atoms with Gasteiger partial charge in [-0.25, -0.2) is 4.79 Å². The molecule has 0 unspecified atom stereocenters. The van der Waals surface area contributed by atoms with Crippen LogP contribution < -0.4 is 4.74 Å². The Labute approximate surface area is 128 Å². The molecule has 1 rings (SSSR count). The normalized spacial score (nSPS) is 10.8. The molecule has 1 aromatic rings. The molecule has 0 bridgehead atoms. The van der Waals surface area contributed by atoms with Gasteiger partial charge in [-0.15, -0.1) is 0 Å². The maximum absolute atomic E-state index is 11.5. The molecule has 21 heavy (non-hydrogen) atoms. The zero-order chi connectivity index (χ0) is 15.3. The first kappa shape index (κ1) is 17.3. The summed E-state index contributed by atoms with van der Waals surface area (Å²) < 4.78 is 10.2. The van der Waals surface area contributed by atoms with Crippen LogP contribution in [0.1, 0.15) is 51.0 Å². The van der Waals surface area contributed by atoms with Crippen molar-refractivity contribution in [3.05, 3.63) is 35.9 Å². The van der Waals surface area contributed by atoms with Crippen molar-refractivity contribution in [2.45, 2.75) is 45.4 Å². The maximum atomic E-state index is 11.5. The highest BCUT2D eigenvalue weighted by Crippen LogP contribution is 2.12. The maximum Gasteiger partial charge on any atom is 0.330 e. The minimum absolute atomic E-state index is 0.278. The number of ether oxygens (including phenoxy) is 2. The lowest BCUT2D eigenvalue weighted by Crippen LogP contribution is -2.02. The van der Waals surface area contributed by atoms with Crippen LogP contribution in [-0.2, 0) is 9.53 Å². The molecule has 0 spiro atoms. The third kappa shape index (κ3) is 8.18. The van der Waals surface area contributed by atoms with E-state index >= 15 is 0 Å². The Balaban J connectivity index is 2.16. The fourth-order valence-electron chi connectivity index (χ4n) is 1.98. The van der Waals surface area contributed by atoms with Gasteiger partial charge in [0.05, 0.1) is 13.7 Å². The smallest absolute Gasteiger partial charge is 0.330 e. The third-order valence-corrected chi connectivity index (χ3v) is 3.27. The molecule has 0 saturated heterocycles. The van der Waals surface area contributed by atoms with E-state index in [2.05, 4.69) is 6.92 Å². The Morgan fingerprint density at radius 2 is 1.71 bits per heavy atom. The van der Waals surface area contributed by atoms with Crippen LogP contribution in [0.5, 0.6) is 5.75 Å². The molecule has 0 saturated carbocycles. The van der Waals surface area contributed by atoms with E-state index in [-0.39, 0.29) is 5.97 Å². The number of benzene rings is 1. The number of hydrogen-bond acceptors (Lipinski definition) is 3. The molecule has 0 atom stereocenters. The Bertz CT molecular complexity index is 421. The molecule has 0 aliphatic rings. The van der Waals surface area contributed by atoms with Crippen LogP contribution in [0.2, 0.25) is 0 Å². The van der Waals surface area contributed by atoms with Crippen molar-refractivity contribution < 1.29 is 14.3 Å². The number of unbranched alkanes of at least 4 members (excludes halogenated alkanes) is 5. The third-order valence-electron chi connectivity index (χ3n) is 3.27. The monoisotopic (exact) mass is 290 g/mol. The summed E-state index contributed by atoms with van der Waals surface area (Å²) in [5, 5.41) is 0. The second-order valence-corrected chi connectivity index (χ2v) is 5.04. The molecule has 0 fully saturated rings. The average Bonchev–Trinajstić information content (AvgIpc) is 2.52. The van der Waals surface area contributed by atoms with Crippen molar-refractivity contribution in [1.29, 1.82) is 0 Å². The summed E-state index contributed by atoms with van der Waals surface area (Å²) in [5.41, 5.74) is 0.951. The standard InChI is InChI=1S/C18H26O3/c1-3-4-5-6-7-8-15-21-18(19)14-11-16-9-12-17(20-2)13-10-16/h9-14H,3-8,15H2,1-2H3. The first-order valence-electron chi connectivity index (χ1n) is 7.75. The predicted octanol–water partition coefficient (Wildman–Crippen LogP) is 4.61. The van der Waals surface area contributed by atoms with Crippen molar-refractivity contribution in [3.63, 3.8) is 0 Å². The molecule has 0 aliphatic heterocycles. The topological polar surface area (TPSA) is 35.5 Å². The first-order chi connectivity index (χ1) is 10.3. The van der Waals surface area contributed by atoms with Gasteiger partial charge in [0.1, 0.15) is 5.75 Å². The molecule has 0 amide bonds. The summed E-state index contributed by atoms with van der Waals surface area (Å²) in [5.74, 6) is 0.525. The van der Waals surface area contributed by atoms with Crippen LogP contribution in [0, 0.1) is 0 Å². The van der Waals surface area contributed by atoms with Gasteiger partial charge in [-0.2, -0.15) is 0 Å². The van der Waals surface area contributed by atoms with E-state index in [0.29, 0.717) is 6.61 Å². The number of hydrogen-bond donors (Lipinski definition) is 0. The van der Waals surface area contributed by atoms with Gasteiger partial charge in [-0.3, -0.25) is 0 Å². The Morgan fingerprint density at radius 3 is 2.38 bits per heavy atom. The summed E-state index contributed by atoms with van der Waals surface area (Å²) in [4.78, 5) is 11.5. The molecule has 116 valence electrons. The number of methoxy groups -OCH3 is 1. The molecule has 0 heterocycles. The zero-order valence-corrected chi connectivity index (χ0v) is 13.1. The van der Waals surface area contributed by atoms with Crippen molar-refractivity contribution in [1.82, 2.24) is 0 Å². The summed E-state index contributed by atoms with van der Waals surface area (Å²) in [6, 6.07) is 7.52. The minimum Gasteiger partial charge on any atom is -0.497 e. The largest absolute Gasteiger partial charge is 0.497 e. The lowest BCUT2D eigenvalue weighted by molar-refractivity contribution is -0.137. The summed E-state index contributed by atoms with van der Waals surface area (Å²) in [7, 11) is 1.63. The van der Waals surface area contributed by atoms with Crippen molar-refractivity contribution >= 4 is 12.0 Å². The van der Waals surface area contributed by atoms with Gasteiger partial charge in [-0.05, 0) is 30.2 Å². The van der Waals surface area contributed by atoms with Gasteiger partial charge in [0.15, 0.2) is 0 Å². The molecular weight excluding hydrogens is 264 g/mol. The van der Waals surface area contributed by atoms with Crippen molar-refractivity contribution in [3.8, 4) is 5.75 Å². The second kappa shape index (κ2) is 11.0. The van der Waals surface area contributed by atoms with Gasteiger partial charge in [-0.1, -0.05) is 51.2 Å². The molecule has 3 nitrogen and oxygen atoms in total. The second-order valence-electron chi connectivity index (χ2n) is 5.04. The molecular formula is C18H26O3. The molecule has 0 aromatic heterocycles. The lowest BCUT2D eigenvalue weighted by atomic mass is 10.1. The van der Waals surface area contributed by atoms with Crippen LogP contribution in [0.4, 0.5) is 0 Å². The van der Waals surface area contributed by atoms with E-state index in [1.165, 1.54) is 31.8 Å². The van der Waals surface area contributed by atoms with E-state index in [9.17, 15) is 4.79 Å². The van der Waals surface area contributed by atoms with Gasteiger partial charge in [0.2, 0.25) is 0 Å². The van der Waals surface area contributed by atoms with Crippen LogP contribution >= 0.6 is 0 Å². The van der Waals surface area contributed by atoms with Crippen LogP contribution in [0.25, 0.3) is 6.08 Å². The van der Waals surface area contributed by atoms with Crippen LogP contribution in [0.3, 0.4) is 0 Å². The first-order valence-corrected chi connectivity index (χ1v) is 7.75. The molecule has 3 heteroatoms. The molecule has 0 N–H and O–H groups in total. The Morgan fingerprint density at radius 1 is 1.05 bits per heavy atom. The highest BCUT2D eigenvalue weighted by atomic mass is 16.5. The lowest BCUT2D eigenvalue weighted by Gasteiger charge is -2.02. The number of esters is 1. The average molecular weight is 290 g/mol. The van der Waals surface area contributed by atoms with Gasteiger partial charge in [0.25, 0.3) is 0 Å². The highest BCUT2D eigenvalue weighted by Gasteiger charge is 1.97. The predicted molar refractivity (Wildman–Crippen MR) is 86.4 cm³/mol. The van der Waals surface area contributed by atoms with E-state index in [1.54, 1.807) is 13.2 Å².